The Kier molecular flexibility index (Phi) is 5.96. The van der Waals surface area contributed by atoms with Crippen molar-refractivity contribution in [3.8, 4) is 0 Å². The number of nitrogens with one attached hydrogen (secondary N) is 3. The number of amides is 1. The molecule has 1 aromatic carbocycles. The van der Waals surface area contributed by atoms with Gasteiger partial charge in [0.15, 0.2) is 0 Å². The Hall–Kier alpha value is -1.66. The van der Waals surface area contributed by atoms with Gasteiger partial charge in [0.25, 0.3) is 0 Å². The molecule has 0 bridgehead atoms. The molecule has 1 fully saturated rings. The highest BCUT2D eigenvalue weighted by molar-refractivity contribution is 5.67. The van der Waals surface area contributed by atoms with Crippen LogP contribution in [0.1, 0.15) is 45.2 Å². The molecule has 1 saturated heterocycles. The van der Waals surface area contributed by atoms with E-state index >= 15 is 0 Å². The van der Waals surface area contributed by atoms with Crippen LogP contribution in [0.15, 0.2) is 24.3 Å². The summed E-state index contributed by atoms with van der Waals surface area (Å²) >= 11 is 0. The van der Waals surface area contributed by atoms with Crippen LogP contribution in [0, 0.1) is 11.7 Å². The topological polar surface area (TPSA) is 62.4 Å². The van der Waals surface area contributed by atoms with Crippen LogP contribution in [0.3, 0.4) is 0 Å². The molecule has 1 atom stereocenters. The third-order valence-corrected chi connectivity index (χ3v) is 3.81. The van der Waals surface area contributed by atoms with E-state index in [4.69, 9.17) is 4.74 Å². The van der Waals surface area contributed by atoms with Gasteiger partial charge in [-0.15, -0.1) is 0 Å². The van der Waals surface area contributed by atoms with Gasteiger partial charge in [0.2, 0.25) is 0 Å². The van der Waals surface area contributed by atoms with Gasteiger partial charge in [-0.25, -0.2) is 14.6 Å². The van der Waals surface area contributed by atoms with Crippen molar-refractivity contribution < 1.29 is 13.9 Å². The van der Waals surface area contributed by atoms with Crippen molar-refractivity contribution in [1.82, 2.24) is 16.2 Å². The van der Waals surface area contributed by atoms with Gasteiger partial charge >= 0.3 is 6.09 Å². The van der Waals surface area contributed by atoms with Crippen LogP contribution >= 0.6 is 0 Å². The Morgan fingerprint density at radius 2 is 1.87 bits per heavy atom. The highest BCUT2D eigenvalue weighted by Gasteiger charge is 2.26. The van der Waals surface area contributed by atoms with Crippen LogP contribution in [0.4, 0.5) is 9.18 Å². The highest BCUT2D eigenvalue weighted by Crippen LogP contribution is 2.28. The molecule has 6 heteroatoms. The molecule has 5 nitrogen and oxygen atoms in total. The molecule has 0 aromatic heterocycles. The number of hydrogen-bond donors (Lipinski definition) is 3. The number of ether oxygens (including phenoxy) is 1. The van der Waals surface area contributed by atoms with Gasteiger partial charge in [-0.05, 0) is 70.3 Å². The molecule has 1 aromatic rings. The summed E-state index contributed by atoms with van der Waals surface area (Å²) in [6, 6.07) is 6.32. The molecule has 0 radical (unpaired) electrons. The Morgan fingerprint density at radius 3 is 2.43 bits per heavy atom. The van der Waals surface area contributed by atoms with Crippen LogP contribution in [0.2, 0.25) is 0 Å². The molecule has 128 valence electrons. The van der Waals surface area contributed by atoms with E-state index in [-0.39, 0.29) is 11.9 Å². The summed E-state index contributed by atoms with van der Waals surface area (Å²) in [7, 11) is 0. The first-order valence-corrected chi connectivity index (χ1v) is 8.06. The second kappa shape index (κ2) is 7.75. The number of rotatable bonds is 4. The lowest BCUT2D eigenvalue weighted by atomic mass is 9.86. The maximum Gasteiger partial charge on any atom is 0.422 e. The molecule has 1 amide bonds. The van der Waals surface area contributed by atoms with E-state index in [0.29, 0.717) is 5.92 Å². The number of halogens is 1. The summed E-state index contributed by atoms with van der Waals surface area (Å²) < 4.78 is 18.4. The van der Waals surface area contributed by atoms with E-state index in [2.05, 4.69) is 16.2 Å². The number of carbonyl (C=O) groups is 1. The molecule has 0 saturated carbocycles. The molecular weight excluding hydrogens is 297 g/mol. The van der Waals surface area contributed by atoms with E-state index in [1.165, 1.54) is 12.1 Å². The van der Waals surface area contributed by atoms with Gasteiger partial charge in [-0.2, -0.15) is 0 Å². The van der Waals surface area contributed by atoms with Crippen LogP contribution in [0.25, 0.3) is 0 Å². The van der Waals surface area contributed by atoms with E-state index in [9.17, 15) is 9.18 Å². The Bertz CT molecular complexity index is 508. The van der Waals surface area contributed by atoms with Crippen molar-refractivity contribution in [2.75, 3.05) is 13.1 Å². The standard InChI is InChI=1S/C17H26FN3O2/c1-17(2,3)23-16(22)21-20-15(13-8-10-19-11-9-13)12-4-6-14(18)7-5-12/h4-7,13,15,19-20H,8-11H2,1-3H3,(H,21,22)/t15-/m0/s1. The molecule has 2 rings (SSSR count). The zero-order valence-corrected chi connectivity index (χ0v) is 14.0. The van der Waals surface area contributed by atoms with Gasteiger partial charge in [-0.3, -0.25) is 5.43 Å². The Labute approximate surface area is 137 Å². The Balaban J connectivity index is 2.04. The largest absolute Gasteiger partial charge is 0.443 e. The monoisotopic (exact) mass is 323 g/mol. The van der Waals surface area contributed by atoms with Gasteiger partial charge in [0, 0.05) is 0 Å². The second-order valence-corrected chi connectivity index (χ2v) is 6.89. The molecule has 0 unspecified atom stereocenters. The maximum absolute atomic E-state index is 13.2. The van der Waals surface area contributed by atoms with Crippen LogP contribution < -0.4 is 16.2 Å². The fourth-order valence-corrected chi connectivity index (χ4v) is 2.76. The lowest BCUT2D eigenvalue weighted by Crippen LogP contribution is -2.46. The van der Waals surface area contributed by atoms with Gasteiger partial charge in [0.05, 0.1) is 6.04 Å². The van der Waals surface area contributed by atoms with E-state index < -0.39 is 11.7 Å². The van der Waals surface area contributed by atoms with Crippen molar-refractivity contribution in [1.29, 1.82) is 0 Å². The summed E-state index contributed by atoms with van der Waals surface area (Å²) in [5.74, 6) is 0.0922. The smallest absolute Gasteiger partial charge is 0.422 e. The van der Waals surface area contributed by atoms with Crippen molar-refractivity contribution in [3.63, 3.8) is 0 Å². The number of hydrazine groups is 1. The third-order valence-electron chi connectivity index (χ3n) is 3.81. The van der Waals surface area contributed by atoms with E-state index in [1.807, 2.05) is 20.8 Å². The molecule has 1 heterocycles. The molecular formula is C17H26FN3O2. The number of benzene rings is 1. The number of piperidine rings is 1. The van der Waals surface area contributed by atoms with E-state index in [0.717, 1.165) is 31.5 Å². The predicted octanol–water partition coefficient (Wildman–Crippen LogP) is 2.90. The van der Waals surface area contributed by atoms with Crippen molar-refractivity contribution in [3.05, 3.63) is 35.6 Å². The normalized spacial score (nSPS) is 17.6. The second-order valence-electron chi connectivity index (χ2n) is 6.89. The SMILES string of the molecule is CC(C)(C)OC(=O)NN[C@@H](c1ccc(F)cc1)C1CCNCC1. The highest BCUT2D eigenvalue weighted by atomic mass is 19.1. The molecule has 3 N–H and O–H groups in total. The molecule has 23 heavy (non-hydrogen) atoms. The predicted molar refractivity (Wildman–Crippen MR) is 87.2 cm³/mol. The summed E-state index contributed by atoms with van der Waals surface area (Å²) in [5, 5.41) is 3.33. The lowest BCUT2D eigenvalue weighted by Gasteiger charge is -2.32. The first kappa shape index (κ1) is 17.7. The van der Waals surface area contributed by atoms with Gasteiger partial charge in [-0.1, -0.05) is 12.1 Å². The van der Waals surface area contributed by atoms with Crippen molar-refractivity contribution in [2.45, 2.75) is 45.3 Å². The summed E-state index contributed by atoms with van der Waals surface area (Å²) in [5.41, 5.74) is 6.10. The third kappa shape index (κ3) is 5.80. The van der Waals surface area contributed by atoms with Gasteiger partial charge in [0.1, 0.15) is 11.4 Å². The zero-order chi connectivity index (χ0) is 16.9. The molecule has 0 aliphatic carbocycles. The molecule has 1 aliphatic heterocycles. The van der Waals surface area contributed by atoms with Crippen LogP contribution in [0.5, 0.6) is 0 Å². The first-order valence-electron chi connectivity index (χ1n) is 8.06. The Morgan fingerprint density at radius 1 is 1.26 bits per heavy atom. The fourth-order valence-electron chi connectivity index (χ4n) is 2.76. The van der Waals surface area contributed by atoms with E-state index in [1.54, 1.807) is 12.1 Å². The lowest BCUT2D eigenvalue weighted by molar-refractivity contribution is 0.0475. The number of hydrogen-bond acceptors (Lipinski definition) is 4. The zero-order valence-electron chi connectivity index (χ0n) is 14.0. The quantitative estimate of drug-likeness (QED) is 0.746. The summed E-state index contributed by atoms with van der Waals surface area (Å²) in [6.07, 6.45) is 1.47. The van der Waals surface area contributed by atoms with Crippen LogP contribution in [-0.2, 0) is 4.74 Å². The van der Waals surface area contributed by atoms with Gasteiger partial charge < -0.3 is 10.1 Å². The molecule has 0 spiro atoms. The summed E-state index contributed by atoms with van der Waals surface area (Å²) in [4.78, 5) is 11.9. The summed E-state index contributed by atoms with van der Waals surface area (Å²) in [6.45, 7) is 7.33. The minimum Gasteiger partial charge on any atom is -0.443 e. The number of carbonyl (C=O) groups excluding carboxylic acids is 1. The van der Waals surface area contributed by atoms with Crippen molar-refractivity contribution >= 4 is 6.09 Å². The minimum absolute atomic E-state index is 0.0785. The first-order chi connectivity index (χ1) is 10.8. The fraction of sp³-hybridized carbons (Fsp3) is 0.588. The average molecular weight is 323 g/mol. The van der Waals surface area contributed by atoms with Crippen LogP contribution in [-0.4, -0.2) is 24.8 Å². The minimum atomic E-state index is -0.550. The van der Waals surface area contributed by atoms with Crippen molar-refractivity contribution in [2.24, 2.45) is 5.92 Å². The average Bonchev–Trinajstić information content (AvgIpc) is 2.48. The molecule has 1 aliphatic rings. The maximum atomic E-state index is 13.2.